The summed E-state index contributed by atoms with van der Waals surface area (Å²) in [5, 5.41) is -0.111. The summed E-state index contributed by atoms with van der Waals surface area (Å²) in [6, 6.07) is 2.34. The van der Waals surface area contributed by atoms with Gasteiger partial charge in [0.25, 0.3) is 6.43 Å². The third-order valence-electron chi connectivity index (χ3n) is 2.98. The van der Waals surface area contributed by atoms with Crippen LogP contribution in [0.1, 0.15) is 36.3 Å². The number of alkyl halides is 2. The Bertz CT molecular complexity index is 402. The standard InChI is InChI=1S/C11H11ClF3N/c12-8-2-1-7(11(14)15)9(10(8)13)5-3-6(16)4-5/h1-2,5-6,11H,3-4,16H2. The molecule has 1 aliphatic carbocycles. The van der Waals surface area contributed by atoms with Gasteiger partial charge in [-0.1, -0.05) is 17.7 Å². The molecular formula is C11H11ClF3N. The third-order valence-corrected chi connectivity index (χ3v) is 3.28. The van der Waals surface area contributed by atoms with Crippen LogP contribution in [0.2, 0.25) is 5.02 Å². The van der Waals surface area contributed by atoms with E-state index < -0.39 is 12.2 Å². The molecule has 0 aliphatic heterocycles. The molecule has 1 fully saturated rings. The maximum atomic E-state index is 13.7. The van der Waals surface area contributed by atoms with Gasteiger partial charge in [0, 0.05) is 17.2 Å². The van der Waals surface area contributed by atoms with Gasteiger partial charge < -0.3 is 5.73 Å². The van der Waals surface area contributed by atoms with Crippen LogP contribution < -0.4 is 5.73 Å². The molecule has 0 heterocycles. The summed E-state index contributed by atoms with van der Waals surface area (Å²) in [6.07, 6.45) is -1.60. The first kappa shape index (κ1) is 11.7. The third kappa shape index (κ3) is 1.92. The monoisotopic (exact) mass is 249 g/mol. The van der Waals surface area contributed by atoms with Gasteiger partial charge in [-0.3, -0.25) is 0 Å². The number of rotatable bonds is 2. The highest BCUT2D eigenvalue weighted by molar-refractivity contribution is 6.30. The van der Waals surface area contributed by atoms with Gasteiger partial charge in [-0.2, -0.15) is 0 Å². The molecule has 88 valence electrons. The van der Waals surface area contributed by atoms with Crippen LogP contribution in [0.4, 0.5) is 13.2 Å². The second-order valence-electron chi connectivity index (χ2n) is 4.09. The Morgan fingerprint density at radius 3 is 2.44 bits per heavy atom. The van der Waals surface area contributed by atoms with Crippen molar-refractivity contribution in [2.45, 2.75) is 31.2 Å². The number of halogens is 4. The molecule has 0 atom stereocenters. The lowest BCUT2D eigenvalue weighted by Crippen LogP contribution is -2.35. The minimum absolute atomic E-state index is 0.0195. The molecule has 1 saturated carbocycles. The first-order chi connectivity index (χ1) is 7.50. The van der Waals surface area contributed by atoms with Crippen LogP contribution in [-0.2, 0) is 0 Å². The van der Waals surface area contributed by atoms with Crippen molar-refractivity contribution in [1.82, 2.24) is 0 Å². The SMILES string of the molecule is NC1CC(c2c(C(F)F)ccc(Cl)c2F)C1. The molecule has 0 unspecified atom stereocenters. The molecule has 2 N–H and O–H groups in total. The molecule has 1 aliphatic rings. The molecule has 1 aromatic rings. The van der Waals surface area contributed by atoms with Gasteiger partial charge >= 0.3 is 0 Å². The van der Waals surface area contributed by atoms with Crippen LogP contribution in [0.5, 0.6) is 0 Å². The average molecular weight is 250 g/mol. The van der Waals surface area contributed by atoms with Gasteiger partial charge in [0.1, 0.15) is 5.82 Å². The second-order valence-corrected chi connectivity index (χ2v) is 4.50. The van der Waals surface area contributed by atoms with Crippen LogP contribution in [-0.4, -0.2) is 6.04 Å². The number of hydrogen-bond acceptors (Lipinski definition) is 1. The Labute approximate surface area is 96.4 Å². The van der Waals surface area contributed by atoms with E-state index in [9.17, 15) is 13.2 Å². The summed E-state index contributed by atoms with van der Waals surface area (Å²) >= 11 is 5.60. The molecule has 1 aromatic carbocycles. The van der Waals surface area contributed by atoms with Crippen molar-refractivity contribution < 1.29 is 13.2 Å². The predicted molar refractivity (Wildman–Crippen MR) is 56.3 cm³/mol. The second kappa shape index (κ2) is 4.26. The van der Waals surface area contributed by atoms with Gasteiger partial charge in [0.15, 0.2) is 0 Å². The van der Waals surface area contributed by atoms with Crippen molar-refractivity contribution in [2.75, 3.05) is 0 Å². The summed E-state index contributed by atoms with van der Waals surface area (Å²) in [7, 11) is 0. The Morgan fingerprint density at radius 1 is 1.31 bits per heavy atom. The lowest BCUT2D eigenvalue weighted by atomic mass is 9.74. The Morgan fingerprint density at radius 2 is 1.94 bits per heavy atom. The lowest BCUT2D eigenvalue weighted by molar-refractivity contribution is 0.147. The van der Waals surface area contributed by atoms with Gasteiger partial charge in [0.2, 0.25) is 0 Å². The van der Waals surface area contributed by atoms with Gasteiger partial charge in [-0.15, -0.1) is 0 Å². The molecule has 0 aromatic heterocycles. The van der Waals surface area contributed by atoms with Crippen LogP contribution >= 0.6 is 11.6 Å². The summed E-state index contributed by atoms with van der Waals surface area (Å²) < 4.78 is 39.1. The molecule has 0 amide bonds. The molecule has 5 heteroatoms. The van der Waals surface area contributed by atoms with E-state index in [-0.39, 0.29) is 28.1 Å². The largest absolute Gasteiger partial charge is 0.328 e. The molecule has 0 radical (unpaired) electrons. The van der Waals surface area contributed by atoms with Gasteiger partial charge in [-0.05, 0) is 24.8 Å². The summed E-state index contributed by atoms with van der Waals surface area (Å²) in [4.78, 5) is 0. The van der Waals surface area contributed by atoms with Crippen LogP contribution in [0.3, 0.4) is 0 Å². The van der Waals surface area contributed by atoms with E-state index in [1.807, 2.05) is 0 Å². The minimum Gasteiger partial charge on any atom is -0.328 e. The summed E-state index contributed by atoms with van der Waals surface area (Å²) in [5.41, 5.74) is 5.36. The zero-order valence-corrected chi connectivity index (χ0v) is 9.15. The zero-order valence-electron chi connectivity index (χ0n) is 8.39. The van der Waals surface area contributed by atoms with E-state index in [1.54, 1.807) is 0 Å². The van der Waals surface area contributed by atoms with Gasteiger partial charge in [-0.25, -0.2) is 13.2 Å². The molecule has 0 saturated heterocycles. The van der Waals surface area contributed by atoms with Gasteiger partial charge in [0.05, 0.1) is 5.02 Å². The fraction of sp³-hybridized carbons (Fsp3) is 0.455. The van der Waals surface area contributed by atoms with Crippen molar-refractivity contribution in [1.29, 1.82) is 0 Å². The van der Waals surface area contributed by atoms with Crippen LogP contribution in [0, 0.1) is 5.82 Å². The zero-order chi connectivity index (χ0) is 11.9. The fourth-order valence-electron chi connectivity index (χ4n) is 2.08. The van der Waals surface area contributed by atoms with Crippen LogP contribution in [0.15, 0.2) is 12.1 Å². The molecular weight excluding hydrogens is 239 g/mol. The highest BCUT2D eigenvalue weighted by Crippen LogP contribution is 2.42. The topological polar surface area (TPSA) is 26.0 Å². The summed E-state index contributed by atoms with van der Waals surface area (Å²) in [5.74, 6) is -0.950. The van der Waals surface area contributed by atoms with Crippen molar-refractivity contribution in [3.8, 4) is 0 Å². The fourth-order valence-corrected chi connectivity index (χ4v) is 2.25. The van der Waals surface area contributed by atoms with Crippen molar-refractivity contribution in [2.24, 2.45) is 5.73 Å². The highest BCUT2D eigenvalue weighted by atomic mass is 35.5. The maximum Gasteiger partial charge on any atom is 0.264 e. The Balaban J connectivity index is 2.43. The Hall–Kier alpha value is -0.740. The molecule has 1 nitrogen and oxygen atoms in total. The predicted octanol–water partition coefficient (Wildman–Crippen LogP) is 3.62. The molecule has 0 bridgehead atoms. The first-order valence-electron chi connectivity index (χ1n) is 5.02. The first-order valence-corrected chi connectivity index (χ1v) is 5.40. The van der Waals surface area contributed by atoms with E-state index in [0.717, 1.165) is 0 Å². The number of hydrogen-bond donors (Lipinski definition) is 1. The van der Waals surface area contributed by atoms with Crippen molar-refractivity contribution in [3.05, 3.63) is 34.1 Å². The quantitative estimate of drug-likeness (QED) is 0.851. The van der Waals surface area contributed by atoms with E-state index in [1.165, 1.54) is 12.1 Å². The van der Waals surface area contributed by atoms with Crippen LogP contribution in [0.25, 0.3) is 0 Å². The summed E-state index contributed by atoms with van der Waals surface area (Å²) in [6.45, 7) is 0. The number of benzene rings is 1. The van der Waals surface area contributed by atoms with Crippen molar-refractivity contribution in [3.63, 3.8) is 0 Å². The average Bonchev–Trinajstić information content (AvgIpc) is 2.17. The molecule has 2 rings (SSSR count). The smallest absolute Gasteiger partial charge is 0.264 e. The van der Waals surface area contributed by atoms with E-state index >= 15 is 0 Å². The Kier molecular flexibility index (Phi) is 3.13. The van der Waals surface area contributed by atoms with E-state index in [4.69, 9.17) is 17.3 Å². The molecule has 0 spiro atoms. The normalized spacial score (nSPS) is 24.6. The van der Waals surface area contributed by atoms with E-state index in [2.05, 4.69) is 0 Å². The lowest BCUT2D eigenvalue weighted by Gasteiger charge is -2.34. The minimum atomic E-state index is -2.68. The maximum absolute atomic E-state index is 13.7. The number of nitrogens with two attached hydrogens (primary N) is 1. The van der Waals surface area contributed by atoms with E-state index in [0.29, 0.717) is 12.8 Å². The molecule has 16 heavy (non-hydrogen) atoms. The van der Waals surface area contributed by atoms with Crippen molar-refractivity contribution >= 4 is 11.6 Å². The highest BCUT2D eigenvalue weighted by Gasteiger charge is 2.33.